The average molecular weight is 381 g/mol. The molecule has 1 saturated carbocycles. The lowest BCUT2D eigenvalue weighted by molar-refractivity contribution is -0.119. The van der Waals surface area contributed by atoms with E-state index in [4.69, 9.17) is 11.6 Å². The molecule has 0 spiro atoms. The van der Waals surface area contributed by atoms with Crippen molar-refractivity contribution in [3.8, 4) is 0 Å². The van der Waals surface area contributed by atoms with Crippen LogP contribution in [0.25, 0.3) is 0 Å². The van der Waals surface area contributed by atoms with Crippen LogP contribution in [0.5, 0.6) is 0 Å². The van der Waals surface area contributed by atoms with Gasteiger partial charge in [0.15, 0.2) is 0 Å². The second kappa shape index (κ2) is 9.58. The Bertz CT molecular complexity index is 522. The quantitative estimate of drug-likeness (QED) is 0.297. The van der Waals surface area contributed by atoms with Crippen LogP contribution in [0, 0.1) is 28.6 Å². The van der Waals surface area contributed by atoms with Gasteiger partial charge in [-0.1, -0.05) is 72.3 Å². The summed E-state index contributed by atoms with van der Waals surface area (Å²) in [7, 11) is 0. The highest BCUT2D eigenvalue weighted by molar-refractivity contribution is 6.22. The first-order chi connectivity index (χ1) is 12.1. The fraction of sp³-hybridized carbons (Fsp3) is 0.792. The van der Waals surface area contributed by atoms with Gasteiger partial charge in [0.25, 0.3) is 0 Å². The van der Waals surface area contributed by atoms with E-state index in [-0.39, 0.29) is 22.0 Å². The lowest BCUT2D eigenvalue weighted by Crippen LogP contribution is -2.49. The van der Waals surface area contributed by atoms with E-state index in [9.17, 15) is 4.79 Å². The molecule has 0 aromatic heterocycles. The molecule has 6 unspecified atom stereocenters. The van der Waals surface area contributed by atoms with Crippen LogP contribution in [0.15, 0.2) is 24.3 Å². The number of alkyl halides is 1. The summed E-state index contributed by atoms with van der Waals surface area (Å²) in [5, 5.41) is -0.0596. The van der Waals surface area contributed by atoms with Crippen LogP contribution in [0.1, 0.15) is 87.0 Å². The van der Waals surface area contributed by atoms with Crippen molar-refractivity contribution in [3.05, 3.63) is 24.3 Å². The second-order valence-corrected chi connectivity index (χ2v) is 9.64. The fourth-order valence-electron chi connectivity index (χ4n) is 5.39. The predicted molar refractivity (Wildman–Crippen MR) is 116 cm³/mol. The minimum atomic E-state index is -0.0596. The lowest BCUT2D eigenvalue weighted by Gasteiger charge is -2.54. The first kappa shape index (κ1) is 23.5. The Balaban J connectivity index is 3.11. The first-order valence-corrected chi connectivity index (χ1v) is 11.0. The van der Waals surface area contributed by atoms with Crippen molar-refractivity contribution in [2.24, 2.45) is 28.6 Å². The SMILES string of the molecule is C=C/C=C(/C)C(C)(CCC)C1CCC(C)(C(Cl)CC(=O)CC)C(C)C1C. The fourth-order valence-corrected chi connectivity index (χ4v) is 5.87. The Morgan fingerprint density at radius 2 is 2.00 bits per heavy atom. The molecule has 0 amide bonds. The number of carbonyl (C=O) groups excluding carboxylic acids is 1. The molecule has 0 aliphatic heterocycles. The van der Waals surface area contributed by atoms with E-state index in [0.717, 1.165) is 6.42 Å². The maximum absolute atomic E-state index is 12.0. The van der Waals surface area contributed by atoms with Crippen molar-refractivity contribution < 1.29 is 4.79 Å². The van der Waals surface area contributed by atoms with Crippen LogP contribution < -0.4 is 0 Å². The summed E-state index contributed by atoms with van der Waals surface area (Å²) in [6, 6.07) is 0. The Labute approximate surface area is 167 Å². The number of Topliss-reactive ketones (excluding diaryl/α,β-unsaturated/α-hetero) is 1. The van der Waals surface area contributed by atoms with Crippen molar-refractivity contribution in [1.29, 1.82) is 0 Å². The molecule has 26 heavy (non-hydrogen) atoms. The third-order valence-electron chi connectivity index (χ3n) is 7.83. The molecule has 1 rings (SSSR count). The van der Waals surface area contributed by atoms with Gasteiger partial charge in [0.1, 0.15) is 5.78 Å². The van der Waals surface area contributed by atoms with Gasteiger partial charge in [-0.15, -0.1) is 11.6 Å². The summed E-state index contributed by atoms with van der Waals surface area (Å²) in [6.45, 7) is 19.9. The topological polar surface area (TPSA) is 17.1 Å². The highest BCUT2D eigenvalue weighted by atomic mass is 35.5. The van der Waals surface area contributed by atoms with E-state index in [0.29, 0.717) is 30.6 Å². The van der Waals surface area contributed by atoms with Crippen molar-refractivity contribution in [3.63, 3.8) is 0 Å². The summed E-state index contributed by atoms with van der Waals surface area (Å²) in [6.07, 6.45) is 9.92. The Morgan fingerprint density at radius 1 is 1.38 bits per heavy atom. The summed E-state index contributed by atoms with van der Waals surface area (Å²) in [5.74, 6) is 2.01. The number of hydrogen-bond donors (Lipinski definition) is 0. The van der Waals surface area contributed by atoms with Gasteiger partial charge in [0.05, 0.1) is 0 Å². The molecule has 0 aromatic rings. The lowest BCUT2D eigenvalue weighted by atomic mass is 9.51. The third kappa shape index (κ3) is 4.64. The minimum Gasteiger partial charge on any atom is -0.300 e. The number of hydrogen-bond acceptors (Lipinski definition) is 1. The Hall–Kier alpha value is -0.560. The van der Waals surface area contributed by atoms with E-state index in [1.807, 2.05) is 13.0 Å². The molecule has 0 aromatic carbocycles. The minimum absolute atomic E-state index is 0.0332. The van der Waals surface area contributed by atoms with Gasteiger partial charge >= 0.3 is 0 Å². The van der Waals surface area contributed by atoms with Crippen LogP contribution in [0.3, 0.4) is 0 Å². The molecule has 0 saturated heterocycles. The monoisotopic (exact) mass is 380 g/mol. The van der Waals surface area contributed by atoms with Crippen LogP contribution in [0.2, 0.25) is 0 Å². The van der Waals surface area contributed by atoms with E-state index in [1.165, 1.54) is 24.8 Å². The zero-order chi connectivity index (χ0) is 20.1. The molecule has 1 nitrogen and oxygen atoms in total. The predicted octanol–water partition coefficient (Wildman–Crippen LogP) is 7.59. The normalized spacial score (nSPS) is 33.4. The van der Waals surface area contributed by atoms with Crippen molar-refractivity contribution in [2.45, 2.75) is 92.4 Å². The molecule has 0 N–H and O–H groups in total. The third-order valence-corrected chi connectivity index (χ3v) is 8.48. The van der Waals surface area contributed by atoms with Gasteiger partial charge in [-0.3, -0.25) is 4.79 Å². The molecule has 2 heteroatoms. The number of halogens is 1. The van der Waals surface area contributed by atoms with Gasteiger partial charge in [0, 0.05) is 18.2 Å². The van der Waals surface area contributed by atoms with Crippen molar-refractivity contribution in [1.82, 2.24) is 0 Å². The largest absolute Gasteiger partial charge is 0.300 e. The molecule has 0 heterocycles. The maximum Gasteiger partial charge on any atom is 0.134 e. The molecule has 6 atom stereocenters. The Kier molecular flexibility index (Phi) is 8.65. The highest BCUT2D eigenvalue weighted by Crippen LogP contribution is 2.57. The van der Waals surface area contributed by atoms with Gasteiger partial charge in [-0.05, 0) is 54.8 Å². The highest BCUT2D eigenvalue weighted by Gasteiger charge is 2.50. The standard InChI is InChI=1S/C24H41ClO/c1-9-12-17(4)23(7,14-10-2)21-13-15-24(8,19(6)18(21)5)22(25)16-20(26)11-3/h9,12,18-19,21-22H,1,10-11,13-16H2,2-8H3/b17-12-. The number of allylic oxidation sites excluding steroid dienone is 3. The molecule has 1 aliphatic rings. The summed E-state index contributed by atoms with van der Waals surface area (Å²) in [5.41, 5.74) is 1.69. The van der Waals surface area contributed by atoms with E-state index in [2.05, 4.69) is 54.2 Å². The second-order valence-electron chi connectivity index (χ2n) is 9.12. The summed E-state index contributed by atoms with van der Waals surface area (Å²) in [4.78, 5) is 12.0. The molecule has 0 bridgehead atoms. The van der Waals surface area contributed by atoms with E-state index >= 15 is 0 Å². The molecule has 1 fully saturated rings. The van der Waals surface area contributed by atoms with Crippen molar-refractivity contribution >= 4 is 17.4 Å². The number of rotatable bonds is 9. The van der Waals surface area contributed by atoms with Crippen molar-refractivity contribution in [2.75, 3.05) is 0 Å². The first-order valence-electron chi connectivity index (χ1n) is 10.5. The number of carbonyl (C=O) groups is 1. The maximum atomic E-state index is 12.0. The smallest absolute Gasteiger partial charge is 0.134 e. The zero-order valence-electron chi connectivity index (χ0n) is 18.2. The van der Waals surface area contributed by atoms with Gasteiger partial charge in [-0.25, -0.2) is 0 Å². The summed E-state index contributed by atoms with van der Waals surface area (Å²) >= 11 is 6.82. The van der Waals surface area contributed by atoms with E-state index in [1.54, 1.807) is 0 Å². The zero-order valence-corrected chi connectivity index (χ0v) is 19.0. The van der Waals surface area contributed by atoms with Crippen LogP contribution in [0.4, 0.5) is 0 Å². The van der Waals surface area contributed by atoms with Gasteiger partial charge < -0.3 is 0 Å². The summed E-state index contributed by atoms with van der Waals surface area (Å²) < 4.78 is 0. The molecule has 150 valence electrons. The molecular formula is C24H41ClO. The van der Waals surface area contributed by atoms with Crippen LogP contribution >= 0.6 is 11.6 Å². The van der Waals surface area contributed by atoms with Crippen LogP contribution in [-0.2, 0) is 4.79 Å². The Morgan fingerprint density at radius 3 is 2.50 bits per heavy atom. The van der Waals surface area contributed by atoms with E-state index < -0.39 is 0 Å². The average Bonchev–Trinajstić information content (AvgIpc) is 2.59. The molecule has 0 radical (unpaired) electrons. The number of ketones is 1. The van der Waals surface area contributed by atoms with Crippen LogP contribution in [-0.4, -0.2) is 11.2 Å². The van der Waals surface area contributed by atoms with Gasteiger partial charge in [-0.2, -0.15) is 0 Å². The van der Waals surface area contributed by atoms with Gasteiger partial charge in [0.2, 0.25) is 0 Å². The molecular weight excluding hydrogens is 340 g/mol. The molecule has 1 aliphatic carbocycles.